The number of nitrogen functional groups attached to an aromatic ring is 1. The summed E-state index contributed by atoms with van der Waals surface area (Å²) in [5, 5.41) is -0.0147. The molecule has 0 amide bonds. The van der Waals surface area contributed by atoms with Crippen LogP contribution >= 0.6 is 11.6 Å². The number of H-pyrrole nitrogens is 1. The maximum absolute atomic E-state index is 13.0. The molecule has 3 N–H and O–H groups in total. The van der Waals surface area contributed by atoms with Crippen LogP contribution < -0.4 is 5.73 Å². The number of imidazole rings is 2. The first kappa shape index (κ1) is 22.2. The zero-order valence-corrected chi connectivity index (χ0v) is 20.1. The fourth-order valence-corrected chi connectivity index (χ4v) is 5.11. The third kappa shape index (κ3) is 3.74. The molecule has 0 saturated heterocycles. The summed E-state index contributed by atoms with van der Waals surface area (Å²) in [4.78, 5) is 12.6. The minimum Gasteiger partial charge on any atom is -0.368 e. The molecule has 0 aliphatic carbocycles. The summed E-state index contributed by atoms with van der Waals surface area (Å²) >= 11 is 6.06. The van der Waals surface area contributed by atoms with Crippen LogP contribution in [0.15, 0.2) is 72.8 Å². The van der Waals surface area contributed by atoms with Crippen molar-refractivity contribution >= 4 is 38.6 Å². The highest BCUT2D eigenvalue weighted by Gasteiger charge is 2.25. The molecule has 5 aromatic rings. The van der Waals surface area contributed by atoms with E-state index < -0.39 is 15.3 Å². The number of aromatic nitrogens is 4. The fourth-order valence-electron chi connectivity index (χ4n) is 3.84. The molecule has 172 valence electrons. The highest BCUT2D eigenvalue weighted by Crippen LogP contribution is 2.35. The molecule has 34 heavy (non-hydrogen) atoms. The summed E-state index contributed by atoms with van der Waals surface area (Å²) in [5.41, 5.74) is 11.0. The minimum absolute atomic E-state index is 0.0620. The Hall–Kier alpha value is -3.62. The van der Waals surface area contributed by atoms with E-state index in [4.69, 9.17) is 22.3 Å². The van der Waals surface area contributed by atoms with Crippen LogP contribution in [0.25, 0.3) is 44.9 Å². The Kier molecular flexibility index (Phi) is 5.42. The van der Waals surface area contributed by atoms with Crippen LogP contribution in [-0.2, 0) is 10.0 Å². The lowest BCUT2D eigenvalue weighted by atomic mass is 10.0. The van der Waals surface area contributed by atoms with Gasteiger partial charge in [0.05, 0.1) is 27.7 Å². The Morgan fingerprint density at radius 2 is 1.59 bits per heavy atom. The lowest BCUT2D eigenvalue weighted by Crippen LogP contribution is -2.23. The van der Waals surface area contributed by atoms with Gasteiger partial charge in [0.15, 0.2) is 0 Å². The number of halogens is 1. The van der Waals surface area contributed by atoms with Gasteiger partial charge in [-0.3, -0.25) is 0 Å². The van der Waals surface area contributed by atoms with Crippen LogP contribution in [0.4, 0.5) is 5.95 Å². The molecule has 0 unspecified atom stereocenters. The Balaban J connectivity index is 1.74. The first-order chi connectivity index (χ1) is 16.3. The van der Waals surface area contributed by atoms with Crippen LogP contribution in [0.2, 0.25) is 5.02 Å². The lowest BCUT2D eigenvalue weighted by Gasteiger charge is -2.11. The second-order valence-corrected chi connectivity index (χ2v) is 11.0. The smallest absolute Gasteiger partial charge is 0.244 e. The number of nitrogens with zero attached hydrogens (tertiary/aromatic N) is 3. The largest absolute Gasteiger partial charge is 0.368 e. The van der Waals surface area contributed by atoms with Crippen molar-refractivity contribution in [2.24, 2.45) is 0 Å². The van der Waals surface area contributed by atoms with E-state index in [0.717, 1.165) is 26.4 Å². The number of benzene rings is 3. The number of nitrogens with two attached hydrogens (primary N) is 1. The molecule has 2 aromatic heterocycles. The Labute approximate surface area is 202 Å². The number of hydrogen-bond acceptors (Lipinski definition) is 5. The molecule has 0 aliphatic rings. The number of nitrogens with one attached hydrogen (secondary N) is 1. The molecule has 2 heterocycles. The molecule has 7 nitrogen and oxygen atoms in total. The summed E-state index contributed by atoms with van der Waals surface area (Å²) in [7, 11) is -3.71. The maximum atomic E-state index is 13.0. The first-order valence-corrected chi connectivity index (χ1v) is 12.6. The molecule has 0 radical (unpaired) electrons. The predicted octanol–water partition coefficient (Wildman–Crippen LogP) is 5.58. The molecular formula is C25H22ClN5O2S. The van der Waals surface area contributed by atoms with Crippen molar-refractivity contribution < 1.29 is 8.42 Å². The van der Waals surface area contributed by atoms with E-state index >= 15 is 0 Å². The Morgan fingerprint density at radius 1 is 0.912 bits per heavy atom. The van der Waals surface area contributed by atoms with Gasteiger partial charge in [-0.15, -0.1) is 0 Å². The average Bonchev–Trinajstić information content (AvgIpc) is 3.40. The molecule has 0 spiro atoms. The third-order valence-corrected chi connectivity index (χ3v) is 7.98. The second-order valence-electron chi connectivity index (χ2n) is 8.21. The predicted molar refractivity (Wildman–Crippen MR) is 137 cm³/mol. The third-order valence-electron chi connectivity index (χ3n) is 5.64. The van der Waals surface area contributed by atoms with Gasteiger partial charge < -0.3 is 10.7 Å². The van der Waals surface area contributed by atoms with Crippen molar-refractivity contribution in [3.05, 3.63) is 77.8 Å². The van der Waals surface area contributed by atoms with Crippen LogP contribution in [0, 0.1) is 0 Å². The number of hydrogen-bond donors (Lipinski definition) is 2. The van der Waals surface area contributed by atoms with Crippen molar-refractivity contribution in [3.8, 4) is 33.9 Å². The van der Waals surface area contributed by atoms with E-state index in [0.29, 0.717) is 27.6 Å². The number of fused-ring (bicyclic) bond motifs is 1. The normalized spacial score (nSPS) is 12.0. The van der Waals surface area contributed by atoms with Crippen LogP contribution in [0.1, 0.15) is 13.8 Å². The Bertz CT molecular complexity index is 1600. The van der Waals surface area contributed by atoms with Crippen LogP contribution in [-0.4, -0.2) is 32.6 Å². The monoisotopic (exact) mass is 491 g/mol. The molecule has 5 rings (SSSR count). The minimum atomic E-state index is -3.71. The lowest BCUT2D eigenvalue weighted by molar-refractivity contribution is 0.580. The van der Waals surface area contributed by atoms with Gasteiger partial charge in [-0.25, -0.2) is 22.4 Å². The van der Waals surface area contributed by atoms with E-state index in [-0.39, 0.29) is 5.95 Å². The molecular weight excluding hydrogens is 470 g/mol. The molecule has 9 heteroatoms. The van der Waals surface area contributed by atoms with Gasteiger partial charge in [0.2, 0.25) is 16.0 Å². The molecule has 3 aromatic carbocycles. The van der Waals surface area contributed by atoms with Gasteiger partial charge in [0.25, 0.3) is 0 Å². The quantitative estimate of drug-likeness (QED) is 0.333. The molecule has 0 aliphatic heterocycles. The van der Waals surface area contributed by atoms with Gasteiger partial charge in [-0.1, -0.05) is 48.0 Å². The van der Waals surface area contributed by atoms with Gasteiger partial charge >= 0.3 is 0 Å². The summed E-state index contributed by atoms with van der Waals surface area (Å²) in [6, 6.07) is 22.7. The van der Waals surface area contributed by atoms with Crippen molar-refractivity contribution in [2.75, 3.05) is 5.73 Å². The van der Waals surface area contributed by atoms with Crippen molar-refractivity contribution in [1.29, 1.82) is 0 Å². The molecule has 0 atom stereocenters. The summed E-state index contributed by atoms with van der Waals surface area (Å²) < 4.78 is 27.1. The summed E-state index contributed by atoms with van der Waals surface area (Å²) in [5.74, 6) is 0.612. The summed E-state index contributed by atoms with van der Waals surface area (Å²) in [6.45, 7) is 3.23. The molecule has 0 saturated carbocycles. The zero-order chi connectivity index (χ0) is 24.0. The number of anilines is 1. The average molecular weight is 492 g/mol. The van der Waals surface area contributed by atoms with E-state index in [1.165, 1.54) is 0 Å². The van der Waals surface area contributed by atoms with Crippen LogP contribution in [0.5, 0.6) is 0 Å². The first-order valence-electron chi connectivity index (χ1n) is 10.7. The fraction of sp³-hybridized carbons (Fsp3) is 0.120. The topological polar surface area (TPSA) is 107 Å². The summed E-state index contributed by atoms with van der Waals surface area (Å²) in [6.07, 6.45) is 0. The maximum Gasteiger partial charge on any atom is 0.244 e. The van der Waals surface area contributed by atoms with Crippen molar-refractivity contribution in [1.82, 2.24) is 18.9 Å². The van der Waals surface area contributed by atoms with E-state index in [2.05, 4.69) is 9.97 Å². The van der Waals surface area contributed by atoms with Crippen LogP contribution in [0.3, 0.4) is 0 Å². The van der Waals surface area contributed by atoms with Gasteiger partial charge in [0, 0.05) is 21.7 Å². The highest BCUT2D eigenvalue weighted by molar-refractivity contribution is 7.90. The van der Waals surface area contributed by atoms with E-state index in [1.807, 2.05) is 60.7 Å². The second kappa shape index (κ2) is 8.30. The van der Waals surface area contributed by atoms with Gasteiger partial charge in [0.1, 0.15) is 5.82 Å². The van der Waals surface area contributed by atoms with Crippen molar-refractivity contribution in [3.63, 3.8) is 0 Å². The van der Waals surface area contributed by atoms with Gasteiger partial charge in [-0.05, 0) is 50.2 Å². The molecule has 0 bridgehead atoms. The van der Waals surface area contributed by atoms with Crippen molar-refractivity contribution in [2.45, 2.75) is 19.1 Å². The zero-order valence-electron chi connectivity index (χ0n) is 18.5. The van der Waals surface area contributed by atoms with E-state index in [1.54, 1.807) is 26.0 Å². The SMILES string of the molecule is CC(C)S(=O)(=O)n1c(N)nc2ccc(-c3nc(-c4ccc(Cl)cc4)[nH]c3-c3ccccc3)cc21. The Morgan fingerprint density at radius 3 is 2.26 bits per heavy atom. The number of aromatic amines is 1. The van der Waals surface area contributed by atoms with E-state index in [9.17, 15) is 8.42 Å². The standard InChI is InChI=1S/C25H22ClN5O2S/c1-15(2)34(32,33)31-21-14-18(10-13-20(21)28-25(31)27)23-22(16-6-4-3-5-7-16)29-24(30-23)17-8-11-19(26)12-9-17/h3-15H,1-2H3,(H2,27,28)(H,29,30). The van der Waals surface area contributed by atoms with Gasteiger partial charge in [-0.2, -0.15) is 0 Å². The highest BCUT2D eigenvalue weighted by atomic mass is 35.5. The number of rotatable bonds is 5. The molecule has 0 fully saturated rings.